The average Bonchev–Trinajstić information content (AvgIpc) is 2.95. The monoisotopic (exact) mass is 575 g/mol. The summed E-state index contributed by atoms with van der Waals surface area (Å²) in [4.78, 5) is 15.5. The molecule has 41 heavy (non-hydrogen) atoms. The van der Waals surface area contributed by atoms with Crippen LogP contribution in [0.1, 0.15) is 29.8 Å². The second kappa shape index (κ2) is 11.6. The van der Waals surface area contributed by atoms with Gasteiger partial charge in [0.05, 0.1) is 28.4 Å². The molecule has 0 aliphatic carbocycles. The highest BCUT2D eigenvalue weighted by Crippen LogP contribution is 2.37. The highest BCUT2D eigenvalue weighted by Gasteiger charge is 2.34. The van der Waals surface area contributed by atoms with Crippen LogP contribution in [0.5, 0.6) is 0 Å². The minimum absolute atomic E-state index is 0.141. The number of hydrogen-bond acceptors (Lipinski definition) is 6. The number of benzene rings is 2. The van der Waals surface area contributed by atoms with E-state index in [-0.39, 0.29) is 17.4 Å². The molecule has 1 unspecified atom stereocenters. The number of nitrogens with one attached hydrogen (secondary N) is 1. The minimum atomic E-state index is -4.60. The van der Waals surface area contributed by atoms with Crippen molar-refractivity contribution in [1.29, 1.82) is 0 Å². The Bertz CT molecular complexity index is 1510. The molecule has 2 aromatic carbocycles. The van der Waals surface area contributed by atoms with Crippen LogP contribution in [0.2, 0.25) is 0 Å². The summed E-state index contributed by atoms with van der Waals surface area (Å²) in [5, 5.41) is 3.57. The van der Waals surface area contributed by atoms with E-state index in [9.17, 15) is 26.3 Å². The third-order valence-electron chi connectivity index (χ3n) is 7.05. The maximum absolute atomic E-state index is 13.7. The number of pyridine rings is 1. The molecule has 1 aliphatic heterocycles. The lowest BCUT2D eigenvalue weighted by molar-refractivity contribution is -0.138. The Morgan fingerprint density at radius 2 is 1.76 bits per heavy atom. The van der Waals surface area contributed by atoms with Gasteiger partial charge in [0.1, 0.15) is 11.6 Å². The second-order valence-electron chi connectivity index (χ2n) is 9.87. The Balaban J connectivity index is 1.51. The lowest BCUT2D eigenvalue weighted by atomic mass is 10.0. The molecule has 1 atom stereocenters. The van der Waals surface area contributed by atoms with Crippen molar-refractivity contribution in [3.05, 3.63) is 77.7 Å². The van der Waals surface area contributed by atoms with Gasteiger partial charge in [0.15, 0.2) is 0 Å². The summed E-state index contributed by atoms with van der Waals surface area (Å²) in [5.41, 5.74) is -0.889. The quantitative estimate of drug-likeness (QED) is 0.237. The average molecular weight is 576 g/mol. The van der Waals surface area contributed by atoms with E-state index in [2.05, 4.69) is 25.2 Å². The first-order valence-corrected chi connectivity index (χ1v) is 13.0. The van der Waals surface area contributed by atoms with Crippen LogP contribution in [0.4, 0.5) is 37.8 Å². The molecule has 1 aliphatic rings. The molecule has 0 spiro atoms. The number of halogens is 6. The number of alkyl halides is 6. The first kappa shape index (κ1) is 28.7. The predicted molar refractivity (Wildman–Crippen MR) is 143 cm³/mol. The van der Waals surface area contributed by atoms with Gasteiger partial charge in [0, 0.05) is 49.5 Å². The summed E-state index contributed by atoms with van der Waals surface area (Å²) < 4.78 is 85.7. The molecule has 1 saturated heterocycles. The van der Waals surface area contributed by atoms with E-state index in [0.29, 0.717) is 41.2 Å². The van der Waals surface area contributed by atoms with Gasteiger partial charge >= 0.3 is 12.4 Å². The first-order valence-electron chi connectivity index (χ1n) is 13.0. The predicted octanol–water partition coefficient (Wildman–Crippen LogP) is 7.13. The van der Waals surface area contributed by atoms with Crippen LogP contribution in [0, 0.1) is 0 Å². The number of methoxy groups -OCH3 is 1. The van der Waals surface area contributed by atoms with Crippen molar-refractivity contribution in [3.8, 4) is 11.3 Å². The van der Waals surface area contributed by atoms with E-state index in [4.69, 9.17) is 4.74 Å². The third kappa shape index (κ3) is 6.76. The SMILES string of the molecule is COC1CCCN(CCc2nc(Nc3ccc(C(F)(F)F)cc3)c3ccc(-c4ncccc4C(F)(F)F)cc3n2)C1. The number of fused-ring (bicyclic) bond motifs is 1. The zero-order valence-electron chi connectivity index (χ0n) is 22.1. The summed E-state index contributed by atoms with van der Waals surface area (Å²) in [6, 6.07) is 11.3. The highest BCUT2D eigenvalue weighted by molar-refractivity contribution is 5.93. The summed E-state index contributed by atoms with van der Waals surface area (Å²) in [6.45, 7) is 2.31. The van der Waals surface area contributed by atoms with E-state index < -0.39 is 23.5 Å². The molecule has 12 heteroatoms. The smallest absolute Gasteiger partial charge is 0.380 e. The molecule has 0 amide bonds. The number of ether oxygens (including phenoxy) is 1. The molecule has 216 valence electrons. The van der Waals surface area contributed by atoms with Crippen molar-refractivity contribution in [2.75, 3.05) is 32.1 Å². The van der Waals surface area contributed by atoms with Gasteiger partial charge in [-0.3, -0.25) is 4.98 Å². The third-order valence-corrected chi connectivity index (χ3v) is 7.05. The van der Waals surface area contributed by atoms with Crippen LogP contribution in [-0.4, -0.2) is 52.7 Å². The van der Waals surface area contributed by atoms with E-state index in [1.165, 1.54) is 36.5 Å². The Labute approximate surface area is 232 Å². The van der Waals surface area contributed by atoms with Crippen molar-refractivity contribution in [3.63, 3.8) is 0 Å². The Kier molecular flexibility index (Phi) is 8.14. The standard InChI is InChI=1S/C29H27F6N5O/c1-41-21-4-3-14-40(17-21)15-12-25-38-24-16-18(26-23(29(33,34)35)5-2-13-36-26)6-11-22(24)27(39-25)37-20-9-7-19(8-10-20)28(30,31)32/h2,5-11,13,16,21H,3-4,12,14-15,17H2,1H3,(H,37,38,39). The van der Waals surface area contributed by atoms with Crippen LogP contribution in [0.3, 0.4) is 0 Å². The van der Waals surface area contributed by atoms with Gasteiger partial charge in [0.2, 0.25) is 0 Å². The maximum Gasteiger partial charge on any atom is 0.418 e. The highest BCUT2D eigenvalue weighted by atomic mass is 19.4. The van der Waals surface area contributed by atoms with E-state index in [0.717, 1.165) is 44.1 Å². The normalized spacial score (nSPS) is 16.7. The fourth-order valence-corrected chi connectivity index (χ4v) is 4.94. The first-order chi connectivity index (χ1) is 19.5. The lowest BCUT2D eigenvalue weighted by Crippen LogP contribution is -2.40. The molecule has 3 heterocycles. The fraction of sp³-hybridized carbons (Fsp3) is 0.345. The molecule has 5 rings (SSSR count). The molecule has 6 nitrogen and oxygen atoms in total. The zero-order chi connectivity index (χ0) is 29.2. The molecule has 0 radical (unpaired) electrons. The maximum atomic E-state index is 13.7. The summed E-state index contributed by atoms with van der Waals surface area (Å²) >= 11 is 0. The van der Waals surface area contributed by atoms with Gasteiger partial charge in [-0.05, 0) is 67.9 Å². The Morgan fingerprint density at radius 1 is 0.976 bits per heavy atom. The van der Waals surface area contributed by atoms with Crippen LogP contribution in [0.15, 0.2) is 60.8 Å². The van der Waals surface area contributed by atoms with Gasteiger partial charge < -0.3 is 15.0 Å². The number of anilines is 2. The molecule has 0 saturated carbocycles. The summed E-state index contributed by atoms with van der Waals surface area (Å²) in [6.07, 6.45) is -5.20. The van der Waals surface area contributed by atoms with Crippen LogP contribution >= 0.6 is 0 Å². The molecular weight excluding hydrogens is 548 g/mol. The number of likely N-dealkylation sites (tertiary alicyclic amines) is 1. The molecule has 1 N–H and O–H groups in total. The number of hydrogen-bond donors (Lipinski definition) is 1. The molecule has 1 fully saturated rings. The van der Waals surface area contributed by atoms with E-state index in [1.54, 1.807) is 13.2 Å². The topological polar surface area (TPSA) is 63.2 Å². The van der Waals surface area contributed by atoms with Crippen molar-refractivity contribution in [2.45, 2.75) is 37.7 Å². The fourth-order valence-electron chi connectivity index (χ4n) is 4.94. The molecule has 0 bridgehead atoms. The van der Waals surface area contributed by atoms with Crippen molar-refractivity contribution in [2.24, 2.45) is 0 Å². The Hall–Kier alpha value is -3.77. The number of rotatable bonds is 7. The minimum Gasteiger partial charge on any atom is -0.380 e. The lowest BCUT2D eigenvalue weighted by Gasteiger charge is -2.31. The number of aromatic nitrogens is 3. The van der Waals surface area contributed by atoms with Gasteiger partial charge in [0.25, 0.3) is 0 Å². The second-order valence-corrected chi connectivity index (χ2v) is 9.87. The van der Waals surface area contributed by atoms with Crippen molar-refractivity contribution in [1.82, 2.24) is 19.9 Å². The van der Waals surface area contributed by atoms with Gasteiger partial charge in [-0.2, -0.15) is 26.3 Å². The zero-order valence-corrected chi connectivity index (χ0v) is 22.1. The van der Waals surface area contributed by atoms with Crippen molar-refractivity contribution >= 4 is 22.4 Å². The summed E-state index contributed by atoms with van der Waals surface area (Å²) in [7, 11) is 1.68. The van der Waals surface area contributed by atoms with Crippen LogP contribution < -0.4 is 5.32 Å². The molecule has 2 aromatic heterocycles. The van der Waals surface area contributed by atoms with Crippen LogP contribution in [0.25, 0.3) is 22.2 Å². The number of nitrogens with zero attached hydrogens (tertiary/aromatic N) is 4. The van der Waals surface area contributed by atoms with Gasteiger partial charge in [-0.1, -0.05) is 6.07 Å². The molecule has 4 aromatic rings. The molecular formula is C29H27F6N5O. The Morgan fingerprint density at radius 3 is 2.46 bits per heavy atom. The van der Waals surface area contributed by atoms with E-state index in [1.807, 2.05) is 0 Å². The van der Waals surface area contributed by atoms with Gasteiger partial charge in [-0.25, -0.2) is 9.97 Å². The van der Waals surface area contributed by atoms with E-state index >= 15 is 0 Å². The van der Waals surface area contributed by atoms with Crippen molar-refractivity contribution < 1.29 is 31.1 Å². The van der Waals surface area contributed by atoms with Crippen LogP contribution in [-0.2, 0) is 23.5 Å². The summed E-state index contributed by atoms with van der Waals surface area (Å²) in [5.74, 6) is 0.780. The number of piperidine rings is 1. The van der Waals surface area contributed by atoms with Gasteiger partial charge in [-0.15, -0.1) is 0 Å². The largest absolute Gasteiger partial charge is 0.418 e.